The Balaban J connectivity index is -0.00000000500. The minimum absolute atomic E-state index is 0. The Hall–Kier alpha value is 0.847. The molecular weight excluding hydrogens is 68.4 g/mol. The number of hydrogen-bond acceptors (Lipinski definition) is 1. The van der Waals surface area contributed by atoms with Crippen molar-refractivity contribution >= 4 is 0 Å². The first-order valence-electron chi connectivity index (χ1n) is 0.577. The second kappa shape index (κ2) is 43.4. The fourth-order valence-electron chi connectivity index (χ4n) is 0. The van der Waals surface area contributed by atoms with Crippen LogP contribution in [0.3, 0.4) is 0 Å². The van der Waals surface area contributed by atoms with Crippen LogP contribution in [-0.4, -0.2) is 7.05 Å². The van der Waals surface area contributed by atoms with E-state index in [2.05, 4.69) is 5.73 Å². The summed E-state index contributed by atoms with van der Waals surface area (Å²) in [5, 5.41) is 0. The number of nitrogens with two attached hydrogens (primary N) is 1. The largest absolute Gasteiger partial charge is 1.00 e. The van der Waals surface area contributed by atoms with Crippen LogP contribution in [0.25, 0.3) is 0 Å². The third-order valence-electron chi connectivity index (χ3n) is 0. The van der Waals surface area contributed by atoms with E-state index in [-0.39, 0.29) is 31.3 Å². The van der Waals surface area contributed by atoms with E-state index < -0.39 is 0 Å². The first-order chi connectivity index (χ1) is 1.00. The van der Waals surface area contributed by atoms with Crippen molar-refractivity contribution < 1.29 is 31.3 Å². The van der Waals surface area contributed by atoms with Crippen LogP contribution >= 0.6 is 0 Å². The number of hydrogen-bond donors (Lipinski definition) is 1. The first-order valence-corrected chi connectivity index (χ1v) is 0.577. The second-order valence-corrected chi connectivity index (χ2v) is 0. The van der Waals surface area contributed by atoms with E-state index >= 15 is 0 Å². The van der Waals surface area contributed by atoms with Crippen molar-refractivity contribution in [2.45, 2.75) is 0 Å². The minimum Gasteiger partial charge on any atom is -1.00 e. The third-order valence-corrected chi connectivity index (χ3v) is 0. The summed E-state index contributed by atoms with van der Waals surface area (Å²) in [6, 6.07) is 0. The van der Waals surface area contributed by atoms with Crippen LogP contribution < -0.4 is 37.0 Å². The molecule has 0 aromatic carbocycles. The van der Waals surface area contributed by atoms with Gasteiger partial charge in [-0.05, 0) is 7.05 Å². The number of rotatable bonds is 0. The predicted molar refractivity (Wildman–Crippen MR) is 10.1 cm³/mol. The van der Waals surface area contributed by atoms with Crippen molar-refractivity contribution in [3.8, 4) is 0 Å². The minimum atomic E-state index is 0. The van der Waals surface area contributed by atoms with Crippen LogP contribution in [0.1, 0.15) is 0 Å². The van der Waals surface area contributed by atoms with Crippen molar-refractivity contribution in [2.75, 3.05) is 7.05 Å². The molecule has 2 N–H and O–H groups in total. The maximum Gasteiger partial charge on any atom is 1.00 e. The quantitative estimate of drug-likeness (QED) is 0.284. The standard InChI is InChI=1S/CH5N.ClH.Li/c1-2;;/h2H2,1H3;1H;/q;;+1/p-1. The normalized spacial score (nSPS) is 1.50. The van der Waals surface area contributed by atoms with Crippen molar-refractivity contribution in [1.82, 2.24) is 0 Å². The van der Waals surface area contributed by atoms with E-state index in [1.807, 2.05) is 0 Å². The zero-order valence-electron chi connectivity index (χ0n) is 2.96. The summed E-state index contributed by atoms with van der Waals surface area (Å²) < 4.78 is 0. The molecule has 0 fully saturated rings. The van der Waals surface area contributed by atoms with Crippen LogP contribution in [-0.2, 0) is 0 Å². The Morgan fingerprint density at radius 2 is 1.25 bits per heavy atom. The molecule has 0 bridgehead atoms. The van der Waals surface area contributed by atoms with Crippen LogP contribution in [0, 0.1) is 0 Å². The molecule has 0 unspecified atom stereocenters. The van der Waals surface area contributed by atoms with Crippen molar-refractivity contribution in [3.63, 3.8) is 0 Å². The molecule has 0 amide bonds. The Labute approximate surface area is 44.5 Å². The summed E-state index contributed by atoms with van der Waals surface area (Å²) in [6.45, 7) is 0. The van der Waals surface area contributed by atoms with Gasteiger partial charge >= 0.3 is 18.9 Å². The van der Waals surface area contributed by atoms with Gasteiger partial charge in [-0.15, -0.1) is 0 Å². The van der Waals surface area contributed by atoms with E-state index in [0.717, 1.165) is 0 Å². The van der Waals surface area contributed by atoms with Gasteiger partial charge in [0, 0.05) is 0 Å². The fraction of sp³-hybridized carbons (Fsp3) is 1.00. The first kappa shape index (κ1) is 21.0. The van der Waals surface area contributed by atoms with Gasteiger partial charge in [-0.25, -0.2) is 0 Å². The van der Waals surface area contributed by atoms with Gasteiger partial charge in [0.25, 0.3) is 0 Å². The molecule has 0 saturated heterocycles. The molecule has 0 aromatic rings. The van der Waals surface area contributed by atoms with Gasteiger partial charge in [-0.1, -0.05) is 0 Å². The molecule has 4 heavy (non-hydrogen) atoms. The summed E-state index contributed by atoms with van der Waals surface area (Å²) >= 11 is 0. The van der Waals surface area contributed by atoms with Gasteiger partial charge in [0.2, 0.25) is 0 Å². The predicted octanol–water partition coefficient (Wildman–Crippen LogP) is -6.42. The maximum absolute atomic E-state index is 4.50. The Morgan fingerprint density at radius 3 is 1.25 bits per heavy atom. The molecule has 0 aliphatic rings. The Bertz CT molecular complexity index is 8.00. The molecule has 0 rings (SSSR count). The van der Waals surface area contributed by atoms with Gasteiger partial charge in [0.1, 0.15) is 0 Å². The summed E-state index contributed by atoms with van der Waals surface area (Å²) in [4.78, 5) is 0. The fourth-order valence-corrected chi connectivity index (χ4v) is 0. The summed E-state index contributed by atoms with van der Waals surface area (Å²) in [6.07, 6.45) is 0. The second-order valence-electron chi connectivity index (χ2n) is 0. The molecule has 0 spiro atoms. The van der Waals surface area contributed by atoms with Crippen LogP contribution in [0.2, 0.25) is 0 Å². The summed E-state index contributed by atoms with van der Waals surface area (Å²) in [5.74, 6) is 0. The molecule has 0 radical (unpaired) electrons. The van der Waals surface area contributed by atoms with Crippen molar-refractivity contribution in [2.24, 2.45) is 5.73 Å². The molecule has 0 aliphatic carbocycles. The average molecular weight is 73.5 g/mol. The van der Waals surface area contributed by atoms with Gasteiger partial charge in [0.05, 0.1) is 0 Å². The van der Waals surface area contributed by atoms with Crippen molar-refractivity contribution in [1.29, 1.82) is 0 Å². The third kappa shape index (κ3) is 13.5. The maximum atomic E-state index is 4.50. The molecule has 22 valence electrons. The van der Waals surface area contributed by atoms with Crippen LogP contribution in [0.5, 0.6) is 0 Å². The SMILES string of the molecule is CN.[Cl-].[Li+]. The molecule has 0 aromatic heterocycles. The zero-order valence-corrected chi connectivity index (χ0v) is 3.71. The van der Waals surface area contributed by atoms with Crippen molar-refractivity contribution in [3.05, 3.63) is 0 Å². The Morgan fingerprint density at radius 1 is 1.25 bits per heavy atom. The molecule has 3 heteroatoms. The van der Waals surface area contributed by atoms with Gasteiger partial charge < -0.3 is 18.1 Å². The monoisotopic (exact) mass is 73.0 g/mol. The van der Waals surface area contributed by atoms with Crippen LogP contribution in [0.15, 0.2) is 0 Å². The van der Waals surface area contributed by atoms with E-state index in [0.29, 0.717) is 0 Å². The molecular formula is CH5ClLiN. The number of halogens is 1. The van der Waals surface area contributed by atoms with Gasteiger partial charge in [0.15, 0.2) is 0 Å². The van der Waals surface area contributed by atoms with E-state index in [9.17, 15) is 0 Å². The molecule has 0 atom stereocenters. The average Bonchev–Trinajstić information content (AvgIpc) is 1.00. The van der Waals surface area contributed by atoms with Crippen LogP contribution in [0.4, 0.5) is 0 Å². The molecule has 0 heterocycles. The smallest absolute Gasteiger partial charge is 1.00 e. The molecule has 1 nitrogen and oxygen atoms in total. The summed E-state index contributed by atoms with van der Waals surface area (Å²) in [7, 11) is 1.50. The molecule has 0 aliphatic heterocycles. The van der Waals surface area contributed by atoms with Gasteiger partial charge in [-0.3, -0.25) is 0 Å². The Kier molecular flexibility index (Phi) is 228. The zero-order chi connectivity index (χ0) is 2.00. The summed E-state index contributed by atoms with van der Waals surface area (Å²) in [5.41, 5.74) is 4.50. The van der Waals surface area contributed by atoms with E-state index in [4.69, 9.17) is 0 Å². The van der Waals surface area contributed by atoms with E-state index in [1.54, 1.807) is 0 Å². The van der Waals surface area contributed by atoms with E-state index in [1.165, 1.54) is 7.05 Å². The molecule has 0 saturated carbocycles. The topological polar surface area (TPSA) is 26.0 Å². The van der Waals surface area contributed by atoms with Gasteiger partial charge in [-0.2, -0.15) is 0 Å².